The van der Waals surface area contributed by atoms with Crippen molar-refractivity contribution in [2.75, 3.05) is 19.7 Å². The number of hydrogen-bond acceptors (Lipinski definition) is 3. The summed E-state index contributed by atoms with van der Waals surface area (Å²) in [7, 11) is 0. The third-order valence-corrected chi connectivity index (χ3v) is 4.10. The molecule has 1 aliphatic heterocycles. The fraction of sp³-hybridized carbons (Fsp3) is 0.562. The van der Waals surface area contributed by atoms with Crippen LogP contribution in [-0.4, -0.2) is 42.7 Å². The molecule has 0 aromatic heterocycles. The molecule has 1 aromatic carbocycles. The summed E-state index contributed by atoms with van der Waals surface area (Å²) in [4.78, 5) is 14.2. The van der Waals surface area contributed by atoms with E-state index < -0.39 is 12.8 Å². The number of ether oxygens (including phenoxy) is 1. The van der Waals surface area contributed by atoms with Crippen molar-refractivity contribution in [3.05, 3.63) is 29.8 Å². The second kappa shape index (κ2) is 6.39. The van der Waals surface area contributed by atoms with E-state index in [0.29, 0.717) is 18.7 Å². The monoisotopic (exact) mass is 330 g/mol. The van der Waals surface area contributed by atoms with Gasteiger partial charge >= 0.3 is 6.18 Å². The first kappa shape index (κ1) is 17.6. The van der Waals surface area contributed by atoms with Gasteiger partial charge in [0, 0.05) is 24.7 Å². The van der Waals surface area contributed by atoms with Crippen LogP contribution in [0, 0.1) is 5.41 Å². The summed E-state index contributed by atoms with van der Waals surface area (Å²) in [6, 6.07) is 5.76. The maximum atomic E-state index is 12.5. The standard InChI is InChI=1S/C16H21F3N2O2/c1-15(2)9-21(8-7-13(15)20)14(22)11-3-5-12(6-4-11)23-10-16(17,18)19/h3-6,13H,7-10,20H2,1-2H3. The maximum absolute atomic E-state index is 12.5. The molecule has 2 N–H and O–H groups in total. The summed E-state index contributed by atoms with van der Waals surface area (Å²) in [6.07, 6.45) is -3.65. The van der Waals surface area contributed by atoms with Gasteiger partial charge in [0.15, 0.2) is 6.61 Å². The van der Waals surface area contributed by atoms with E-state index >= 15 is 0 Å². The molecule has 1 aliphatic rings. The van der Waals surface area contributed by atoms with Gasteiger partial charge in [0.2, 0.25) is 0 Å². The smallest absolute Gasteiger partial charge is 0.422 e. The van der Waals surface area contributed by atoms with Gasteiger partial charge in [-0.3, -0.25) is 4.79 Å². The predicted molar refractivity (Wildman–Crippen MR) is 80.3 cm³/mol. The average Bonchev–Trinajstić information content (AvgIpc) is 2.47. The van der Waals surface area contributed by atoms with Crippen molar-refractivity contribution in [2.45, 2.75) is 32.5 Å². The molecule has 1 aromatic rings. The molecule has 0 radical (unpaired) electrons. The quantitative estimate of drug-likeness (QED) is 0.927. The first-order valence-electron chi connectivity index (χ1n) is 7.43. The highest BCUT2D eigenvalue weighted by atomic mass is 19.4. The Morgan fingerprint density at radius 3 is 2.48 bits per heavy atom. The molecule has 23 heavy (non-hydrogen) atoms. The van der Waals surface area contributed by atoms with E-state index in [1.54, 1.807) is 4.90 Å². The lowest BCUT2D eigenvalue weighted by molar-refractivity contribution is -0.153. The Labute approximate surface area is 133 Å². The number of nitrogens with two attached hydrogens (primary N) is 1. The first-order chi connectivity index (χ1) is 10.6. The highest BCUT2D eigenvalue weighted by Crippen LogP contribution is 2.29. The van der Waals surface area contributed by atoms with E-state index in [0.717, 1.165) is 6.42 Å². The highest BCUT2D eigenvalue weighted by Gasteiger charge is 2.35. The lowest BCUT2D eigenvalue weighted by atomic mass is 9.79. The number of carbonyl (C=O) groups is 1. The number of hydrogen-bond donors (Lipinski definition) is 1. The summed E-state index contributed by atoms with van der Waals surface area (Å²) in [5, 5.41) is 0. The van der Waals surface area contributed by atoms with Gasteiger partial charge in [-0.2, -0.15) is 13.2 Å². The van der Waals surface area contributed by atoms with Crippen molar-refractivity contribution in [3.63, 3.8) is 0 Å². The van der Waals surface area contributed by atoms with Gasteiger partial charge in [-0.25, -0.2) is 0 Å². The molecule has 1 heterocycles. The minimum Gasteiger partial charge on any atom is -0.484 e. The topological polar surface area (TPSA) is 55.6 Å². The first-order valence-corrected chi connectivity index (χ1v) is 7.43. The minimum absolute atomic E-state index is 0.0460. The summed E-state index contributed by atoms with van der Waals surface area (Å²) in [6.45, 7) is 3.82. The van der Waals surface area contributed by atoms with Crippen LogP contribution in [0.25, 0.3) is 0 Å². The van der Waals surface area contributed by atoms with Crippen LogP contribution >= 0.6 is 0 Å². The van der Waals surface area contributed by atoms with Crippen molar-refractivity contribution in [2.24, 2.45) is 11.1 Å². The van der Waals surface area contributed by atoms with E-state index in [1.165, 1.54) is 24.3 Å². The van der Waals surface area contributed by atoms with Crippen LogP contribution in [0.2, 0.25) is 0 Å². The Hall–Kier alpha value is -1.76. The maximum Gasteiger partial charge on any atom is 0.422 e. The lowest BCUT2D eigenvalue weighted by Gasteiger charge is -2.42. The van der Waals surface area contributed by atoms with Gasteiger partial charge in [0.1, 0.15) is 5.75 Å². The minimum atomic E-state index is -4.38. The number of rotatable bonds is 3. The number of piperidine rings is 1. The van der Waals surface area contributed by atoms with E-state index in [-0.39, 0.29) is 23.1 Å². The highest BCUT2D eigenvalue weighted by molar-refractivity contribution is 5.94. The van der Waals surface area contributed by atoms with Crippen molar-refractivity contribution < 1.29 is 22.7 Å². The number of alkyl halides is 3. The Morgan fingerprint density at radius 2 is 1.96 bits per heavy atom. The third kappa shape index (κ3) is 4.60. The summed E-state index contributed by atoms with van der Waals surface area (Å²) < 4.78 is 40.9. The zero-order valence-electron chi connectivity index (χ0n) is 13.2. The Balaban J connectivity index is 2.00. The van der Waals surface area contributed by atoms with Crippen LogP contribution in [0.1, 0.15) is 30.6 Å². The van der Waals surface area contributed by atoms with Crippen molar-refractivity contribution >= 4 is 5.91 Å². The summed E-state index contributed by atoms with van der Waals surface area (Å²) >= 11 is 0. The number of amides is 1. The molecule has 1 unspecified atom stereocenters. The van der Waals surface area contributed by atoms with Gasteiger partial charge in [-0.1, -0.05) is 13.8 Å². The summed E-state index contributed by atoms with van der Waals surface area (Å²) in [5.74, 6) is -0.0628. The fourth-order valence-electron chi connectivity index (χ4n) is 2.59. The van der Waals surface area contributed by atoms with Crippen LogP contribution in [0.3, 0.4) is 0 Å². The normalized spacial score (nSPS) is 21.1. The van der Waals surface area contributed by atoms with Gasteiger partial charge in [0.25, 0.3) is 5.91 Å². The molecule has 1 atom stereocenters. The number of halogens is 3. The van der Waals surface area contributed by atoms with Crippen LogP contribution in [0.5, 0.6) is 5.75 Å². The molecule has 7 heteroatoms. The molecule has 4 nitrogen and oxygen atoms in total. The molecule has 2 rings (SSSR count). The Bertz CT molecular complexity index is 555. The van der Waals surface area contributed by atoms with Crippen LogP contribution in [0.4, 0.5) is 13.2 Å². The molecule has 0 saturated carbocycles. The second-order valence-electron chi connectivity index (χ2n) is 6.54. The number of nitrogens with zero attached hydrogens (tertiary/aromatic N) is 1. The van der Waals surface area contributed by atoms with Crippen LogP contribution in [0.15, 0.2) is 24.3 Å². The van der Waals surface area contributed by atoms with Crippen molar-refractivity contribution in [1.29, 1.82) is 0 Å². The Kier molecular flexibility index (Phi) is 4.89. The summed E-state index contributed by atoms with van der Waals surface area (Å²) in [5.41, 5.74) is 6.32. The average molecular weight is 330 g/mol. The van der Waals surface area contributed by atoms with Gasteiger partial charge in [0.05, 0.1) is 0 Å². The third-order valence-electron chi connectivity index (χ3n) is 4.10. The largest absolute Gasteiger partial charge is 0.484 e. The molecular weight excluding hydrogens is 309 g/mol. The van der Waals surface area contributed by atoms with Gasteiger partial charge < -0.3 is 15.4 Å². The molecular formula is C16H21F3N2O2. The van der Waals surface area contributed by atoms with E-state index in [1.807, 2.05) is 13.8 Å². The van der Waals surface area contributed by atoms with Gasteiger partial charge in [-0.15, -0.1) is 0 Å². The zero-order valence-corrected chi connectivity index (χ0v) is 13.2. The predicted octanol–water partition coefficient (Wildman–Crippen LogP) is 2.83. The van der Waals surface area contributed by atoms with Crippen molar-refractivity contribution in [1.82, 2.24) is 4.90 Å². The zero-order chi connectivity index (χ0) is 17.3. The second-order valence-corrected chi connectivity index (χ2v) is 6.54. The molecule has 1 amide bonds. The van der Waals surface area contributed by atoms with E-state index in [2.05, 4.69) is 4.74 Å². The van der Waals surface area contributed by atoms with Gasteiger partial charge in [-0.05, 0) is 36.1 Å². The molecule has 1 fully saturated rings. The SMILES string of the molecule is CC1(C)CN(C(=O)c2ccc(OCC(F)(F)F)cc2)CCC1N. The molecule has 0 spiro atoms. The van der Waals surface area contributed by atoms with Crippen LogP contribution in [-0.2, 0) is 0 Å². The van der Waals surface area contributed by atoms with Crippen LogP contribution < -0.4 is 10.5 Å². The number of likely N-dealkylation sites (tertiary alicyclic amines) is 1. The molecule has 0 bridgehead atoms. The lowest BCUT2D eigenvalue weighted by Crippen LogP contribution is -2.53. The molecule has 0 aliphatic carbocycles. The molecule has 1 saturated heterocycles. The number of benzene rings is 1. The Morgan fingerprint density at radius 1 is 1.35 bits per heavy atom. The van der Waals surface area contributed by atoms with E-state index in [4.69, 9.17) is 5.73 Å². The number of carbonyl (C=O) groups excluding carboxylic acids is 1. The van der Waals surface area contributed by atoms with Crippen molar-refractivity contribution in [3.8, 4) is 5.75 Å². The molecule has 128 valence electrons. The fourth-order valence-corrected chi connectivity index (χ4v) is 2.59. The van der Waals surface area contributed by atoms with E-state index in [9.17, 15) is 18.0 Å².